The topological polar surface area (TPSA) is 127 Å². The van der Waals surface area contributed by atoms with Crippen LogP contribution in [0.2, 0.25) is 0 Å². The van der Waals surface area contributed by atoms with Crippen LogP contribution in [0.1, 0.15) is 30.7 Å². The van der Waals surface area contributed by atoms with Gasteiger partial charge in [-0.15, -0.1) is 0 Å². The summed E-state index contributed by atoms with van der Waals surface area (Å²) in [5, 5.41) is 7.13. The number of hydrogen-bond donors (Lipinski definition) is 3. The first-order valence-corrected chi connectivity index (χ1v) is 8.51. The van der Waals surface area contributed by atoms with Gasteiger partial charge >= 0.3 is 12.0 Å². The number of carbonyl (C=O) groups is 4. The normalized spacial score (nSPS) is 11.2. The highest BCUT2D eigenvalue weighted by Crippen LogP contribution is 2.17. The molecule has 0 aliphatic rings. The van der Waals surface area contributed by atoms with Gasteiger partial charge in [-0.3, -0.25) is 19.7 Å². The number of amides is 4. The largest absolute Gasteiger partial charge is 0.467 e. The van der Waals surface area contributed by atoms with Gasteiger partial charge in [-0.05, 0) is 17.7 Å². The lowest BCUT2D eigenvalue weighted by Crippen LogP contribution is -2.41. The fourth-order valence-corrected chi connectivity index (χ4v) is 2.34. The number of rotatable bonds is 8. The zero-order valence-electron chi connectivity index (χ0n) is 15.3. The number of nitrogens with one attached hydrogen (secondary N) is 3. The minimum Gasteiger partial charge on any atom is -0.467 e. The van der Waals surface area contributed by atoms with Crippen molar-refractivity contribution in [2.24, 2.45) is 0 Å². The fraction of sp³-hybridized carbons (Fsp3) is 0.263. The molecule has 2 aromatic rings. The van der Waals surface area contributed by atoms with Crippen molar-refractivity contribution in [2.45, 2.75) is 25.9 Å². The molecule has 9 nitrogen and oxygen atoms in total. The van der Waals surface area contributed by atoms with Crippen molar-refractivity contribution < 1.29 is 28.3 Å². The van der Waals surface area contributed by atoms with Crippen LogP contribution < -0.4 is 16.0 Å². The molecule has 0 radical (unpaired) electrons. The smallest absolute Gasteiger partial charge is 0.321 e. The molecule has 0 unspecified atom stereocenters. The molecule has 4 amide bonds. The number of furan rings is 1. The Morgan fingerprint density at radius 1 is 1.07 bits per heavy atom. The zero-order chi connectivity index (χ0) is 20.4. The second kappa shape index (κ2) is 10.5. The Balaban J connectivity index is 1.75. The second-order valence-electron chi connectivity index (χ2n) is 5.84. The standard InChI is InChI=1S/C19H21N3O6/c1-13(23)21-16(14-6-3-2-4-7-14)10-18(25)28-12-17(24)22-19(26)20-11-15-8-5-9-27-15/h2-9,16H,10-12H2,1H3,(H,21,23)(H2,20,22,24,26)/t16-/m1/s1. The van der Waals surface area contributed by atoms with E-state index in [-0.39, 0.29) is 18.9 Å². The molecule has 0 saturated heterocycles. The van der Waals surface area contributed by atoms with E-state index in [4.69, 9.17) is 9.15 Å². The van der Waals surface area contributed by atoms with Crippen LogP contribution in [0.3, 0.4) is 0 Å². The number of hydrogen-bond acceptors (Lipinski definition) is 6. The number of esters is 1. The lowest BCUT2D eigenvalue weighted by Gasteiger charge is -2.17. The molecule has 0 aliphatic heterocycles. The number of imide groups is 1. The first kappa shape index (κ1) is 20.7. The zero-order valence-corrected chi connectivity index (χ0v) is 15.3. The molecule has 148 valence electrons. The van der Waals surface area contributed by atoms with Gasteiger partial charge < -0.3 is 19.8 Å². The molecule has 0 saturated carbocycles. The van der Waals surface area contributed by atoms with Crippen LogP contribution in [0.4, 0.5) is 4.79 Å². The molecule has 2 rings (SSSR count). The van der Waals surface area contributed by atoms with E-state index in [1.54, 1.807) is 36.4 Å². The summed E-state index contributed by atoms with van der Waals surface area (Å²) in [6, 6.07) is 10.9. The Labute approximate surface area is 161 Å². The monoisotopic (exact) mass is 387 g/mol. The van der Waals surface area contributed by atoms with Crippen molar-refractivity contribution in [2.75, 3.05) is 6.61 Å². The molecule has 28 heavy (non-hydrogen) atoms. The van der Waals surface area contributed by atoms with Gasteiger partial charge in [0, 0.05) is 6.92 Å². The summed E-state index contributed by atoms with van der Waals surface area (Å²) in [5.41, 5.74) is 0.733. The summed E-state index contributed by atoms with van der Waals surface area (Å²) in [6.07, 6.45) is 1.31. The van der Waals surface area contributed by atoms with Gasteiger partial charge in [-0.2, -0.15) is 0 Å². The third-order valence-corrected chi connectivity index (χ3v) is 3.57. The van der Waals surface area contributed by atoms with Gasteiger partial charge in [-0.25, -0.2) is 4.79 Å². The van der Waals surface area contributed by atoms with Gasteiger partial charge in [0.15, 0.2) is 6.61 Å². The Kier molecular flexibility index (Phi) is 7.77. The van der Waals surface area contributed by atoms with Crippen molar-refractivity contribution in [3.05, 3.63) is 60.1 Å². The van der Waals surface area contributed by atoms with E-state index in [9.17, 15) is 19.2 Å². The third kappa shape index (κ3) is 7.32. The van der Waals surface area contributed by atoms with E-state index in [0.29, 0.717) is 5.76 Å². The molecule has 1 atom stereocenters. The van der Waals surface area contributed by atoms with Crippen LogP contribution >= 0.6 is 0 Å². The SMILES string of the molecule is CC(=O)N[C@H](CC(=O)OCC(=O)NC(=O)NCc1ccco1)c1ccccc1. The molecule has 0 fully saturated rings. The van der Waals surface area contributed by atoms with Crippen LogP contribution in [0.15, 0.2) is 53.1 Å². The van der Waals surface area contributed by atoms with Gasteiger partial charge in [-0.1, -0.05) is 30.3 Å². The van der Waals surface area contributed by atoms with Gasteiger partial charge in [0.2, 0.25) is 5.91 Å². The molecule has 1 aromatic heterocycles. The molecule has 1 heterocycles. The van der Waals surface area contributed by atoms with Crippen LogP contribution in [-0.2, 0) is 25.7 Å². The second-order valence-corrected chi connectivity index (χ2v) is 5.84. The Morgan fingerprint density at radius 2 is 1.82 bits per heavy atom. The summed E-state index contributed by atoms with van der Waals surface area (Å²) < 4.78 is 9.93. The molecule has 0 aliphatic carbocycles. The third-order valence-electron chi connectivity index (χ3n) is 3.57. The maximum Gasteiger partial charge on any atom is 0.321 e. The number of urea groups is 1. The summed E-state index contributed by atoms with van der Waals surface area (Å²) in [7, 11) is 0. The molecule has 9 heteroatoms. The van der Waals surface area contributed by atoms with Gasteiger partial charge in [0.25, 0.3) is 5.91 Å². The highest BCUT2D eigenvalue weighted by molar-refractivity contribution is 5.95. The molecule has 0 bridgehead atoms. The summed E-state index contributed by atoms with van der Waals surface area (Å²) in [5.74, 6) is -1.23. The fourth-order valence-electron chi connectivity index (χ4n) is 2.34. The Morgan fingerprint density at radius 3 is 2.46 bits per heavy atom. The van der Waals surface area contributed by atoms with E-state index in [1.807, 2.05) is 11.4 Å². The van der Waals surface area contributed by atoms with Crippen molar-refractivity contribution in [1.29, 1.82) is 0 Å². The molecule has 0 spiro atoms. The lowest BCUT2D eigenvalue weighted by atomic mass is 10.0. The minimum absolute atomic E-state index is 0.112. The highest BCUT2D eigenvalue weighted by Gasteiger charge is 2.19. The molecular weight excluding hydrogens is 366 g/mol. The predicted molar refractivity (Wildman–Crippen MR) is 97.7 cm³/mol. The first-order valence-electron chi connectivity index (χ1n) is 8.51. The molecular formula is C19H21N3O6. The van der Waals surface area contributed by atoms with Crippen molar-refractivity contribution >= 4 is 23.8 Å². The number of benzene rings is 1. The van der Waals surface area contributed by atoms with E-state index in [2.05, 4.69) is 10.6 Å². The number of carbonyl (C=O) groups excluding carboxylic acids is 4. The first-order chi connectivity index (χ1) is 13.4. The van der Waals surface area contributed by atoms with Crippen LogP contribution in [-0.4, -0.2) is 30.4 Å². The van der Waals surface area contributed by atoms with Crippen molar-refractivity contribution in [3.63, 3.8) is 0 Å². The minimum atomic E-state index is -0.777. The van der Waals surface area contributed by atoms with E-state index < -0.39 is 30.6 Å². The quantitative estimate of drug-likeness (QED) is 0.588. The van der Waals surface area contributed by atoms with Crippen LogP contribution in [0.25, 0.3) is 0 Å². The van der Waals surface area contributed by atoms with Crippen molar-refractivity contribution in [1.82, 2.24) is 16.0 Å². The van der Waals surface area contributed by atoms with E-state index in [0.717, 1.165) is 5.56 Å². The average Bonchev–Trinajstić information content (AvgIpc) is 3.18. The average molecular weight is 387 g/mol. The van der Waals surface area contributed by atoms with E-state index in [1.165, 1.54) is 13.2 Å². The maximum atomic E-state index is 12.0. The number of ether oxygens (including phenoxy) is 1. The van der Waals surface area contributed by atoms with Crippen molar-refractivity contribution in [3.8, 4) is 0 Å². The van der Waals surface area contributed by atoms with Gasteiger partial charge in [0.05, 0.1) is 25.3 Å². The summed E-state index contributed by atoms with van der Waals surface area (Å²) in [4.78, 5) is 46.7. The Hall–Kier alpha value is -3.62. The predicted octanol–water partition coefficient (Wildman–Crippen LogP) is 1.42. The van der Waals surface area contributed by atoms with Crippen LogP contribution in [0, 0.1) is 0 Å². The summed E-state index contributed by atoms with van der Waals surface area (Å²) >= 11 is 0. The maximum absolute atomic E-state index is 12.0. The van der Waals surface area contributed by atoms with Gasteiger partial charge in [0.1, 0.15) is 5.76 Å². The summed E-state index contributed by atoms with van der Waals surface area (Å²) in [6.45, 7) is 0.839. The Bertz CT molecular complexity index is 804. The van der Waals surface area contributed by atoms with E-state index >= 15 is 0 Å². The highest BCUT2D eigenvalue weighted by atomic mass is 16.5. The molecule has 1 aromatic carbocycles. The lowest BCUT2D eigenvalue weighted by molar-refractivity contribution is -0.148. The van der Waals surface area contributed by atoms with Crippen LogP contribution in [0.5, 0.6) is 0 Å². The molecule has 3 N–H and O–H groups in total.